The number of halogens is 1. The van der Waals surface area contributed by atoms with Crippen LogP contribution in [-0.2, 0) is 9.05 Å². The average Bonchev–Trinajstić information content (AvgIpc) is 2.17. The molecule has 0 saturated carbocycles. The van der Waals surface area contributed by atoms with Crippen LogP contribution in [0.15, 0.2) is 30.3 Å². The Labute approximate surface area is 95.7 Å². The highest BCUT2D eigenvalue weighted by molar-refractivity contribution is 8.13. The Hall–Kier alpha value is -0.540. The lowest BCUT2D eigenvalue weighted by atomic mass is 9.97. The largest absolute Gasteiger partial charge is 0.232 e. The molecule has 1 rings (SSSR count). The molecular weight excluding hydrogens is 232 g/mol. The molecule has 1 atom stereocenters. The van der Waals surface area contributed by atoms with Crippen LogP contribution < -0.4 is 0 Å². The second kappa shape index (κ2) is 5.52. The van der Waals surface area contributed by atoms with Crippen molar-refractivity contribution in [2.45, 2.75) is 25.7 Å². The van der Waals surface area contributed by atoms with Crippen molar-refractivity contribution < 1.29 is 8.42 Å². The van der Waals surface area contributed by atoms with Crippen molar-refractivity contribution in [3.63, 3.8) is 0 Å². The van der Waals surface area contributed by atoms with Crippen LogP contribution in [-0.4, -0.2) is 14.2 Å². The van der Waals surface area contributed by atoms with Crippen LogP contribution in [0, 0.1) is 0 Å². The van der Waals surface area contributed by atoms with Gasteiger partial charge in [0.2, 0.25) is 9.05 Å². The molecule has 0 aliphatic rings. The molecule has 0 amide bonds. The van der Waals surface area contributed by atoms with Crippen molar-refractivity contribution >= 4 is 19.7 Å². The van der Waals surface area contributed by atoms with E-state index in [4.69, 9.17) is 10.7 Å². The molecule has 0 bridgehead atoms. The van der Waals surface area contributed by atoms with Crippen molar-refractivity contribution in [3.05, 3.63) is 35.9 Å². The Morgan fingerprint density at radius 2 is 1.87 bits per heavy atom. The van der Waals surface area contributed by atoms with Gasteiger partial charge in [-0.3, -0.25) is 0 Å². The van der Waals surface area contributed by atoms with Crippen LogP contribution in [0.5, 0.6) is 0 Å². The van der Waals surface area contributed by atoms with E-state index in [0.717, 1.165) is 6.42 Å². The fraction of sp³-hybridized carbons (Fsp3) is 0.455. The highest BCUT2D eigenvalue weighted by Crippen LogP contribution is 2.20. The predicted molar refractivity (Wildman–Crippen MR) is 63.7 cm³/mol. The summed E-state index contributed by atoms with van der Waals surface area (Å²) < 4.78 is 21.4. The summed E-state index contributed by atoms with van der Waals surface area (Å²) in [5, 5.41) is 0. The van der Waals surface area contributed by atoms with Gasteiger partial charge < -0.3 is 0 Å². The van der Waals surface area contributed by atoms with E-state index in [9.17, 15) is 8.42 Å². The Balaban J connectivity index is 2.41. The monoisotopic (exact) mass is 246 g/mol. The zero-order valence-electron chi connectivity index (χ0n) is 8.69. The molecule has 1 aromatic carbocycles. The molecule has 84 valence electrons. The number of benzene rings is 1. The van der Waals surface area contributed by atoms with Crippen LogP contribution in [0.1, 0.15) is 31.2 Å². The van der Waals surface area contributed by atoms with Gasteiger partial charge in [-0.25, -0.2) is 8.42 Å². The molecule has 0 radical (unpaired) electrons. The van der Waals surface area contributed by atoms with Crippen molar-refractivity contribution in [1.29, 1.82) is 0 Å². The molecule has 0 saturated heterocycles. The van der Waals surface area contributed by atoms with Gasteiger partial charge in [-0.2, -0.15) is 0 Å². The van der Waals surface area contributed by atoms with Crippen molar-refractivity contribution in [3.8, 4) is 0 Å². The number of rotatable bonds is 5. The first-order valence-corrected chi connectivity index (χ1v) is 7.44. The first kappa shape index (κ1) is 12.5. The van der Waals surface area contributed by atoms with Gasteiger partial charge >= 0.3 is 0 Å². The summed E-state index contributed by atoms with van der Waals surface area (Å²) in [6.45, 7) is 2.09. The van der Waals surface area contributed by atoms with Crippen LogP contribution in [0.4, 0.5) is 0 Å². The van der Waals surface area contributed by atoms with Gasteiger partial charge in [-0.15, -0.1) is 0 Å². The average molecular weight is 247 g/mol. The molecule has 1 unspecified atom stereocenters. The van der Waals surface area contributed by atoms with Crippen molar-refractivity contribution in [2.24, 2.45) is 0 Å². The molecule has 15 heavy (non-hydrogen) atoms. The van der Waals surface area contributed by atoms with E-state index in [-0.39, 0.29) is 5.75 Å². The minimum atomic E-state index is -3.33. The summed E-state index contributed by atoms with van der Waals surface area (Å²) in [6, 6.07) is 10.1. The molecule has 1 aromatic rings. The van der Waals surface area contributed by atoms with Gasteiger partial charge in [-0.1, -0.05) is 37.3 Å². The normalized spacial score (nSPS) is 13.7. The summed E-state index contributed by atoms with van der Waals surface area (Å²) in [6.07, 6.45) is 1.46. The maximum Gasteiger partial charge on any atom is 0.232 e. The van der Waals surface area contributed by atoms with Gasteiger partial charge in [0.05, 0.1) is 5.75 Å². The molecule has 0 N–H and O–H groups in total. The smallest absolute Gasteiger partial charge is 0.212 e. The Bertz CT molecular complexity index is 386. The Morgan fingerprint density at radius 1 is 1.27 bits per heavy atom. The predicted octanol–water partition coefficient (Wildman–Crippen LogP) is 3.14. The van der Waals surface area contributed by atoms with Crippen LogP contribution >= 0.6 is 10.7 Å². The minimum absolute atomic E-state index is 0.0612. The highest BCUT2D eigenvalue weighted by atomic mass is 35.7. The first-order valence-electron chi connectivity index (χ1n) is 4.96. The van der Waals surface area contributed by atoms with Gasteiger partial charge in [0.15, 0.2) is 0 Å². The molecule has 0 aliphatic heterocycles. The lowest BCUT2D eigenvalue weighted by molar-refractivity contribution is 0.599. The lowest BCUT2D eigenvalue weighted by Gasteiger charge is -2.10. The highest BCUT2D eigenvalue weighted by Gasteiger charge is 2.08. The summed E-state index contributed by atoms with van der Waals surface area (Å²) in [4.78, 5) is 0. The van der Waals surface area contributed by atoms with Crippen molar-refractivity contribution in [1.82, 2.24) is 0 Å². The van der Waals surface area contributed by atoms with Gasteiger partial charge in [-0.05, 0) is 24.3 Å². The molecule has 0 spiro atoms. The van der Waals surface area contributed by atoms with Crippen LogP contribution in [0.3, 0.4) is 0 Å². The summed E-state index contributed by atoms with van der Waals surface area (Å²) >= 11 is 0. The minimum Gasteiger partial charge on any atom is -0.212 e. The zero-order valence-corrected chi connectivity index (χ0v) is 10.3. The molecule has 0 aromatic heterocycles. The van der Waals surface area contributed by atoms with Gasteiger partial charge in [0.1, 0.15) is 0 Å². The van der Waals surface area contributed by atoms with E-state index in [1.54, 1.807) is 0 Å². The third-order valence-electron chi connectivity index (χ3n) is 2.39. The SMILES string of the molecule is CC(CCCS(=O)(=O)Cl)c1ccccc1. The van der Waals surface area contributed by atoms with Gasteiger partial charge in [0, 0.05) is 10.7 Å². The third kappa shape index (κ3) is 5.19. The molecule has 4 heteroatoms. The van der Waals surface area contributed by atoms with E-state index in [1.807, 2.05) is 18.2 Å². The molecule has 0 heterocycles. The molecule has 0 aliphatic carbocycles. The van der Waals surface area contributed by atoms with E-state index < -0.39 is 9.05 Å². The fourth-order valence-electron chi connectivity index (χ4n) is 1.51. The maximum atomic E-state index is 10.7. The van der Waals surface area contributed by atoms with Gasteiger partial charge in [0.25, 0.3) is 0 Å². The Morgan fingerprint density at radius 3 is 2.40 bits per heavy atom. The Kier molecular flexibility index (Phi) is 4.61. The second-order valence-corrected chi connectivity index (χ2v) is 6.59. The van der Waals surface area contributed by atoms with E-state index in [0.29, 0.717) is 12.3 Å². The van der Waals surface area contributed by atoms with Crippen LogP contribution in [0.2, 0.25) is 0 Å². The standard InChI is InChI=1S/C11H15ClO2S/c1-10(6-5-9-15(12,13)14)11-7-3-2-4-8-11/h2-4,7-8,10H,5-6,9H2,1H3. The molecular formula is C11H15ClO2S. The third-order valence-corrected chi connectivity index (χ3v) is 3.63. The summed E-state index contributed by atoms with van der Waals surface area (Å²) in [5.41, 5.74) is 1.24. The molecule has 0 fully saturated rings. The first-order chi connectivity index (χ1) is 6.99. The van der Waals surface area contributed by atoms with E-state index in [2.05, 4.69) is 19.1 Å². The second-order valence-electron chi connectivity index (χ2n) is 3.70. The van der Waals surface area contributed by atoms with E-state index >= 15 is 0 Å². The number of hydrogen-bond donors (Lipinski definition) is 0. The lowest BCUT2D eigenvalue weighted by Crippen LogP contribution is -2.00. The summed E-state index contributed by atoms with van der Waals surface area (Å²) in [5.74, 6) is 0.441. The van der Waals surface area contributed by atoms with E-state index in [1.165, 1.54) is 5.56 Å². The number of hydrogen-bond acceptors (Lipinski definition) is 2. The maximum absolute atomic E-state index is 10.7. The van der Waals surface area contributed by atoms with Crippen LogP contribution in [0.25, 0.3) is 0 Å². The quantitative estimate of drug-likeness (QED) is 0.748. The van der Waals surface area contributed by atoms with Crippen molar-refractivity contribution in [2.75, 3.05) is 5.75 Å². The molecule has 2 nitrogen and oxygen atoms in total. The fourth-order valence-corrected chi connectivity index (χ4v) is 2.35. The summed E-state index contributed by atoms with van der Waals surface area (Å²) in [7, 11) is 1.81. The topological polar surface area (TPSA) is 34.1 Å². The zero-order chi connectivity index (χ0) is 11.3.